The van der Waals surface area contributed by atoms with Gasteiger partial charge >= 0.3 is 11.9 Å². The van der Waals surface area contributed by atoms with Gasteiger partial charge in [0.05, 0.1) is 12.7 Å². The van der Waals surface area contributed by atoms with Crippen molar-refractivity contribution in [3.05, 3.63) is 35.9 Å². The molecule has 0 radical (unpaired) electrons. The van der Waals surface area contributed by atoms with Crippen LogP contribution in [0.4, 0.5) is 0 Å². The maximum Gasteiger partial charge on any atom is 0.304 e. The molecule has 0 aliphatic heterocycles. The average molecular weight is 351 g/mol. The number of carbonyl (C=O) groups excluding carboxylic acids is 2. The summed E-state index contributed by atoms with van der Waals surface area (Å²) in [6.07, 6.45) is -1.07. The topological polar surface area (TPSA) is 97.1 Å². The van der Waals surface area contributed by atoms with E-state index in [-0.39, 0.29) is 6.10 Å². The predicted octanol–water partition coefficient (Wildman–Crippen LogP) is 1.53. The van der Waals surface area contributed by atoms with E-state index in [2.05, 4.69) is 0 Å². The molecular formula is C18H25NO6. The molecule has 0 heterocycles. The molecule has 7 heteroatoms. The Morgan fingerprint density at radius 1 is 1.16 bits per heavy atom. The third kappa shape index (κ3) is 5.01. The first kappa shape index (κ1) is 19.4. The van der Waals surface area contributed by atoms with Crippen molar-refractivity contribution in [2.24, 2.45) is 5.73 Å². The number of benzene rings is 1. The maximum atomic E-state index is 11.4. The zero-order chi connectivity index (χ0) is 18.4. The van der Waals surface area contributed by atoms with E-state index < -0.39 is 29.9 Å². The second-order valence-electron chi connectivity index (χ2n) is 6.20. The Hall–Kier alpha value is -1.96. The number of nitrogens with two attached hydrogens (primary N) is 1. The van der Waals surface area contributed by atoms with Crippen LogP contribution in [-0.2, 0) is 35.1 Å². The molecule has 1 fully saturated rings. The molecule has 2 N–H and O–H groups in total. The van der Waals surface area contributed by atoms with Gasteiger partial charge in [0.2, 0.25) is 0 Å². The van der Waals surface area contributed by atoms with Gasteiger partial charge in [-0.15, -0.1) is 0 Å². The number of methoxy groups -OCH3 is 1. The smallest absolute Gasteiger partial charge is 0.304 e. The van der Waals surface area contributed by atoms with Gasteiger partial charge < -0.3 is 18.9 Å². The quantitative estimate of drug-likeness (QED) is 0.560. The van der Waals surface area contributed by atoms with E-state index in [1.54, 1.807) is 0 Å². The lowest BCUT2D eigenvalue weighted by atomic mass is 9.72. The molecule has 0 saturated heterocycles. The molecule has 1 saturated carbocycles. The number of esters is 2. The predicted molar refractivity (Wildman–Crippen MR) is 89.3 cm³/mol. The fourth-order valence-electron chi connectivity index (χ4n) is 3.04. The van der Waals surface area contributed by atoms with Crippen molar-refractivity contribution < 1.29 is 28.5 Å². The van der Waals surface area contributed by atoms with Gasteiger partial charge in [-0.25, -0.2) is 0 Å². The Kier molecular flexibility index (Phi) is 6.52. The van der Waals surface area contributed by atoms with E-state index in [9.17, 15) is 9.59 Å². The van der Waals surface area contributed by atoms with Crippen molar-refractivity contribution in [2.45, 2.75) is 57.3 Å². The lowest BCUT2D eigenvalue weighted by Crippen LogP contribution is -2.64. The summed E-state index contributed by atoms with van der Waals surface area (Å²) in [5, 5.41) is 0. The molecule has 0 bridgehead atoms. The summed E-state index contributed by atoms with van der Waals surface area (Å²) in [6, 6.07) is 9.82. The molecule has 7 nitrogen and oxygen atoms in total. The fourth-order valence-corrected chi connectivity index (χ4v) is 3.04. The Morgan fingerprint density at radius 3 is 2.28 bits per heavy atom. The van der Waals surface area contributed by atoms with Crippen LogP contribution in [0.2, 0.25) is 0 Å². The summed E-state index contributed by atoms with van der Waals surface area (Å²) >= 11 is 0. The Balaban J connectivity index is 1.98. The summed E-state index contributed by atoms with van der Waals surface area (Å²) in [5.41, 5.74) is 6.15. The fraction of sp³-hybridized carbons (Fsp3) is 0.556. The number of hydrogen-bond acceptors (Lipinski definition) is 7. The zero-order valence-corrected chi connectivity index (χ0v) is 14.8. The van der Waals surface area contributed by atoms with Crippen molar-refractivity contribution in [3.63, 3.8) is 0 Å². The van der Waals surface area contributed by atoms with E-state index >= 15 is 0 Å². The average Bonchev–Trinajstić information content (AvgIpc) is 2.52. The molecule has 1 aliphatic carbocycles. The molecule has 0 amide bonds. The van der Waals surface area contributed by atoms with Gasteiger partial charge in [0.1, 0.15) is 5.60 Å². The summed E-state index contributed by atoms with van der Waals surface area (Å²) in [4.78, 5) is 22.6. The molecule has 1 aliphatic rings. The highest BCUT2D eigenvalue weighted by atomic mass is 16.6. The Labute approximate surface area is 147 Å². The maximum absolute atomic E-state index is 11.4. The molecule has 25 heavy (non-hydrogen) atoms. The van der Waals surface area contributed by atoms with Crippen molar-refractivity contribution in [1.82, 2.24) is 0 Å². The van der Waals surface area contributed by atoms with Gasteiger partial charge in [0.25, 0.3) is 0 Å². The standard InChI is InChI=1S/C18H25NO6/c1-12(20)24-16(17(19)25-13(2)21)18(22-3)9-15(10-18)23-11-14-7-5-4-6-8-14/h4-8,15-17H,9-11,19H2,1-3H3/t15?,16-,17+,18?/m0/s1. The van der Waals surface area contributed by atoms with Crippen LogP contribution < -0.4 is 5.73 Å². The lowest BCUT2D eigenvalue weighted by molar-refractivity contribution is -0.240. The molecular weight excluding hydrogens is 326 g/mol. The van der Waals surface area contributed by atoms with Crippen LogP contribution in [0.15, 0.2) is 30.3 Å². The monoisotopic (exact) mass is 351 g/mol. The normalized spacial score (nSPS) is 24.7. The molecule has 2 atom stereocenters. The minimum Gasteiger partial charge on any atom is -0.454 e. The van der Waals surface area contributed by atoms with Crippen LogP contribution in [-0.4, -0.2) is 43.1 Å². The third-order valence-corrected chi connectivity index (χ3v) is 4.29. The molecule has 2 rings (SSSR count). The van der Waals surface area contributed by atoms with Gasteiger partial charge in [-0.1, -0.05) is 30.3 Å². The van der Waals surface area contributed by atoms with E-state index in [1.165, 1.54) is 21.0 Å². The third-order valence-electron chi connectivity index (χ3n) is 4.29. The minimum atomic E-state index is -1.10. The summed E-state index contributed by atoms with van der Waals surface area (Å²) in [6.45, 7) is 3.01. The highest BCUT2D eigenvalue weighted by molar-refractivity contribution is 5.67. The zero-order valence-electron chi connectivity index (χ0n) is 14.8. The van der Waals surface area contributed by atoms with Crippen LogP contribution in [0.1, 0.15) is 32.3 Å². The SMILES string of the molecule is COC1([C@@H](OC(C)=O)[C@H](N)OC(C)=O)CC(OCc2ccccc2)C1. The molecule has 0 unspecified atom stereocenters. The summed E-state index contributed by atoms with van der Waals surface area (Å²) in [5.74, 6) is -1.07. The Bertz CT molecular complexity index is 584. The van der Waals surface area contributed by atoms with Gasteiger partial charge in [0.15, 0.2) is 12.3 Å². The second-order valence-corrected chi connectivity index (χ2v) is 6.20. The van der Waals surface area contributed by atoms with Crippen LogP contribution in [0.3, 0.4) is 0 Å². The van der Waals surface area contributed by atoms with Crippen molar-refractivity contribution in [3.8, 4) is 0 Å². The number of hydrogen-bond donors (Lipinski definition) is 1. The van der Waals surface area contributed by atoms with Crippen molar-refractivity contribution in [1.29, 1.82) is 0 Å². The molecule has 1 aromatic rings. The van der Waals surface area contributed by atoms with Gasteiger partial charge in [0, 0.05) is 33.8 Å². The van der Waals surface area contributed by atoms with E-state index in [1.807, 2.05) is 30.3 Å². The summed E-state index contributed by atoms with van der Waals surface area (Å²) in [7, 11) is 1.52. The molecule has 0 aromatic heterocycles. The largest absolute Gasteiger partial charge is 0.454 e. The minimum absolute atomic E-state index is 0.0530. The van der Waals surface area contributed by atoms with Gasteiger partial charge in [-0.2, -0.15) is 0 Å². The summed E-state index contributed by atoms with van der Waals surface area (Å²) < 4.78 is 21.8. The first-order valence-corrected chi connectivity index (χ1v) is 8.17. The number of rotatable bonds is 8. The van der Waals surface area contributed by atoms with Crippen LogP contribution in [0, 0.1) is 0 Å². The van der Waals surface area contributed by atoms with Crippen LogP contribution >= 0.6 is 0 Å². The van der Waals surface area contributed by atoms with Crippen molar-refractivity contribution >= 4 is 11.9 Å². The first-order valence-electron chi connectivity index (χ1n) is 8.17. The second kappa shape index (κ2) is 8.42. The van der Waals surface area contributed by atoms with E-state index in [4.69, 9.17) is 24.7 Å². The molecule has 0 spiro atoms. The van der Waals surface area contributed by atoms with Gasteiger partial charge in [-0.3, -0.25) is 15.3 Å². The molecule has 1 aromatic carbocycles. The van der Waals surface area contributed by atoms with E-state index in [0.29, 0.717) is 19.4 Å². The Morgan fingerprint density at radius 2 is 1.76 bits per heavy atom. The number of ether oxygens (including phenoxy) is 4. The van der Waals surface area contributed by atoms with Crippen molar-refractivity contribution in [2.75, 3.05) is 7.11 Å². The lowest BCUT2D eigenvalue weighted by Gasteiger charge is -2.50. The van der Waals surface area contributed by atoms with E-state index in [0.717, 1.165) is 5.56 Å². The van der Waals surface area contributed by atoms with Crippen LogP contribution in [0.5, 0.6) is 0 Å². The highest BCUT2D eigenvalue weighted by Gasteiger charge is 2.55. The first-order chi connectivity index (χ1) is 11.9. The number of carbonyl (C=O) groups is 2. The highest BCUT2D eigenvalue weighted by Crippen LogP contribution is 2.43. The van der Waals surface area contributed by atoms with Gasteiger partial charge in [-0.05, 0) is 5.56 Å². The molecule has 138 valence electrons. The van der Waals surface area contributed by atoms with Crippen LogP contribution in [0.25, 0.3) is 0 Å².